The van der Waals surface area contributed by atoms with Gasteiger partial charge < -0.3 is 36.1 Å². The third-order valence-corrected chi connectivity index (χ3v) is 11.4. The smallest absolute Gasteiger partial charge is 0.315 e. The first kappa shape index (κ1) is 38.5. The summed E-state index contributed by atoms with van der Waals surface area (Å²) in [6.45, 7) is 2.92. The number of rotatable bonds is 21. The Labute approximate surface area is 306 Å². The van der Waals surface area contributed by atoms with E-state index in [1.54, 1.807) is 24.3 Å². The van der Waals surface area contributed by atoms with Crippen LogP contribution >= 0.6 is 11.8 Å². The van der Waals surface area contributed by atoms with Crippen LogP contribution in [0.15, 0.2) is 48.5 Å². The van der Waals surface area contributed by atoms with E-state index in [9.17, 15) is 19.2 Å². The number of carbonyl (C=O) groups excluding carboxylic acids is 4. The van der Waals surface area contributed by atoms with Gasteiger partial charge in [0.25, 0.3) is 5.91 Å². The van der Waals surface area contributed by atoms with Crippen LogP contribution in [0.1, 0.15) is 85.7 Å². The third kappa shape index (κ3) is 13.1. The monoisotopic (exact) mass is 721 g/mol. The van der Waals surface area contributed by atoms with Crippen LogP contribution in [0.5, 0.6) is 5.75 Å². The first-order chi connectivity index (χ1) is 24.9. The molecule has 1 aliphatic carbocycles. The maximum Gasteiger partial charge on any atom is 0.315 e. The van der Waals surface area contributed by atoms with Gasteiger partial charge in [-0.05, 0) is 92.7 Å². The van der Waals surface area contributed by atoms with Crippen molar-refractivity contribution < 1.29 is 28.7 Å². The molecule has 2 heterocycles. The lowest BCUT2D eigenvalue weighted by Crippen LogP contribution is -2.36. The average molecular weight is 722 g/mol. The molecule has 2 aliphatic heterocycles. The molecule has 5 rings (SSSR count). The number of nitrogens with one attached hydrogen (secondary N) is 5. The van der Waals surface area contributed by atoms with E-state index in [-0.39, 0.29) is 35.8 Å². The molecule has 11 nitrogen and oxygen atoms in total. The fraction of sp³-hybridized carbons (Fsp3) is 0.590. The number of hydrogen-bond donors (Lipinski definition) is 5. The summed E-state index contributed by atoms with van der Waals surface area (Å²) in [5.74, 6) is 2.10. The van der Waals surface area contributed by atoms with Gasteiger partial charge in [0.05, 0.1) is 25.3 Å². The minimum atomic E-state index is -0.0657. The average Bonchev–Trinajstić information content (AvgIpc) is 3.61. The van der Waals surface area contributed by atoms with Crippen molar-refractivity contribution >= 4 is 35.5 Å². The summed E-state index contributed by atoms with van der Waals surface area (Å²) in [5, 5.41) is 15.4. The lowest BCUT2D eigenvalue weighted by molar-refractivity contribution is -0.122. The summed E-state index contributed by atoms with van der Waals surface area (Å²) in [5.41, 5.74) is 3.46. The Balaban J connectivity index is 0.799. The second-order valence-corrected chi connectivity index (χ2v) is 15.1. The van der Waals surface area contributed by atoms with Crippen molar-refractivity contribution in [3.05, 3.63) is 65.2 Å². The van der Waals surface area contributed by atoms with Crippen LogP contribution in [0.2, 0.25) is 0 Å². The van der Waals surface area contributed by atoms with Gasteiger partial charge in [-0.3, -0.25) is 14.4 Å². The molecule has 278 valence electrons. The van der Waals surface area contributed by atoms with Crippen LogP contribution in [0.4, 0.5) is 4.79 Å². The van der Waals surface area contributed by atoms with E-state index in [4.69, 9.17) is 9.47 Å². The molecule has 5 N–H and O–H groups in total. The first-order valence-corrected chi connectivity index (χ1v) is 19.9. The van der Waals surface area contributed by atoms with Gasteiger partial charge in [-0.2, -0.15) is 11.8 Å². The zero-order valence-corrected chi connectivity index (χ0v) is 30.5. The molecule has 0 aromatic heterocycles. The molecule has 12 heteroatoms. The standard InChI is InChI=1S/C39H55N5O6S/c45-35(15-6-5-13-34-37-33(27-51-34)43-39(48)44-37)40-20-7-1-2-14-36(46)41-21-22-49-23-24-50-32-18-16-30(17-19-32)38(47)42-26-28-9-8-12-29-10-3-4-11-31(29)25-28/h3-4,10-11,16-19,28,33-34,37H,1-2,5-9,12-15,20-27H2,(H,40,45)(H,41,46)(H,42,47)(H2,43,44,48). The molecule has 2 aromatic carbocycles. The van der Waals surface area contributed by atoms with Gasteiger partial charge in [0.1, 0.15) is 12.4 Å². The van der Waals surface area contributed by atoms with Crippen LogP contribution in [0.3, 0.4) is 0 Å². The lowest BCUT2D eigenvalue weighted by Gasteiger charge is -2.16. The summed E-state index contributed by atoms with van der Waals surface area (Å²) in [4.78, 5) is 48.5. The minimum absolute atomic E-state index is 0.00211. The number of benzene rings is 2. The fourth-order valence-electron chi connectivity index (χ4n) is 7.06. The highest BCUT2D eigenvalue weighted by Crippen LogP contribution is 2.33. The molecule has 5 amide bonds. The third-order valence-electron chi connectivity index (χ3n) is 9.90. The van der Waals surface area contributed by atoms with E-state index in [1.807, 2.05) is 11.8 Å². The number of hydrogen-bond acceptors (Lipinski definition) is 7. The Morgan fingerprint density at radius 2 is 1.57 bits per heavy atom. The normalized spacial score (nSPS) is 20.7. The topological polar surface area (TPSA) is 147 Å². The van der Waals surface area contributed by atoms with Crippen molar-refractivity contribution in [2.75, 3.05) is 45.2 Å². The second kappa shape index (κ2) is 20.9. The number of carbonyl (C=O) groups is 4. The van der Waals surface area contributed by atoms with Gasteiger partial charge in [-0.1, -0.05) is 37.1 Å². The quantitative estimate of drug-likeness (QED) is 0.0724. The largest absolute Gasteiger partial charge is 0.491 e. The number of aryl methyl sites for hydroxylation is 1. The zero-order chi connectivity index (χ0) is 35.7. The van der Waals surface area contributed by atoms with Gasteiger partial charge in [0.2, 0.25) is 11.8 Å². The molecular weight excluding hydrogens is 667 g/mol. The van der Waals surface area contributed by atoms with E-state index in [0.29, 0.717) is 74.8 Å². The lowest BCUT2D eigenvalue weighted by atomic mass is 9.96. The Kier molecular flexibility index (Phi) is 15.8. The van der Waals surface area contributed by atoms with E-state index in [1.165, 1.54) is 11.1 Å². The van der Waals surface area contributed by atoms with Gasteiger partial charge in [-0.25, -0.2) is 4.79 Å². The first-order valence-electron chi connectivity index (χ1n) is 18.8. The van der Waals surface area contributed by atoms with Crippen LogP contribution < -0.4 is 31.3 Å². The molecule has 2 saturated heterocycles. The summed E-state index contributed by atoms with van der Waals surface area (Å²) >= 11 is 1.90. The number of urea groups is 1. The predicted octanol–water partition coefficient (Wildman–Crippen LogP) is 4.53. The highest BCUT2D eigenvalue weighted by molar-refractivity contribution is 8.00. The maximum absolute atomic E-state index is 12.7. The fourth-order valence-corrected chi connectivity index (χ4v) is 8.60. The van der Waals surface area contributed by atoms with Crippen LogP contribution in [0.25, 0.3) is 0 Å². The van der Waals surface area contributed by atoms with Gasteiger partial charge >= 0.3 is 6.03 Å². The number of thioether (sulfide) groups is 1. The highest BCUT2D eigenvalue weighted by atomic mass is 32.2. The van der Waals surface area contributed by atoms with E-state index < -0.39 is 0 Å². The number of ether oxygens (including phenoxy) is 2. The molecule has 4 atom stereocenters. The molecule has 0 radical (unpaired) electrons. The van der Waals surface area contributed by atoms with Crippen LogP contribution in [0, 0.1) is 5.92 Å². The van der Waals surface area contributed by atoms with Gasteiger partial charge in [0.15, 0.2) is 0 Å². The maximum atomic E-state index is 12.7. The van der Waals surface area contributed by atoms with E-state index >= 15 is 0 Å². The minimum Gasteiger partial charge on any atom is -0.491 e. The summed E-state index contributed by atoms with van der Waals surface area (Å²) < 4.78 is 11.3. The molecular formula is C39H55N5O6S. The Bertz CT molecular complexity index is 1430. The van der Waals surface area contributed by atoms with Crippen LogP contribution in [-0.4, -0.2) is 86.3 Å². The molecule has 0 spiro atoms. The number of amides is 5. The van der Waals surface area contributed by atoms with Crippen molar-refractivity contribution in [2.45, 2.75) is 94.4 Å². The van der Waals surface area contributed by atoms with Crippen LogP contribution in [-0.2, 0) is 27.2 Å². The summed E-state index contributed by atoms with van der Waals surface area (Å²) in [7, 11) is 0. The predicted molar refractivity (Wildman–Crippen MR) is 200 cm³/mol. The van der Waals surface area contributed by atoms with Gasteiger partial charge in [0, 0.05) is 49.0 Å². The molecule has 0 saturated carbocycles. The Morgan fingerprint density at radius 1 is 0.804 bits per heavy atom. The highest BCUT2D eigenvalue weighted by Gasteiger charge is 2.42. The SMILES string of the molecule is O=C(CCCCC1SCC2NC(=O)NC21)NCCCCCC(=O)NCCOCCOc1ccc(C(=O)NCC2CCCc3ccccc3C2)cc1. The summed E-state index contributed by atoms with van der Waals surface area (Å²) in [6.07, 6.45) is 10.7. The van der Waals surface area contributed by atoms with Crippen molar-refractivity contribution in [3.8, 4) is 5.75 Å². The van der Waals surface area contributed by atoms with Gasteiger partial charge in [-0.15, -0.1) is 0 Å². The summed E-state index contributed by atoms with van der Waals surface area (Å²) in [6, 6.07) is 16.2. The number of fused-ring (bicyclic) bond motifs is 2. The molecule has 2 fully saturated rings. The molecule has 0 bridgehead atoms. The molecule has 3 aliphatic rings. The zero-order valence-electron chi connectivity index (χ0n) is 29.7. The number of unbranched alkanes of at least 4 members (excludes halogenated alkanes) is 3. The Hall–Kier alpha value is -3.77. The van der Waals surface area contributed by atoms with Crippen molar-refractivity contribution in [1.82, 2.24) is 26.6 Å². The molecule has 2 aromatic rings. The van der Waals surface area contributed by atoms with Crippen molar-refractivity contribution in [3.63, 3.8) is 0 Å². The van der Waals surface area contributed by atoms with Crippen molar-refractivity contribution in [2.24, 2.45) is 5.92 Å². The van der Waals surface area contributed by atoms with E-state index in [0.717, 1.165) is 70.0 Å². The molecule has 4 unspecified atom stereocenters. The molecule has 51 heavy (non-hydrogen) atoms. The van der Waals surface area contributed by atoms with Crippen molar-refractivity contribution in [1.29, 1.82) is 0 Å². The Morgan fingerprint density at radius 3 is 2.39 bits per heavy atom. The second-order valence-electron chi connectivity index (χ2n) is 13.8. The van der Waals surface area contributed by atoms with E-state index in [2.05, 4.69) is 50.8 Å².